The molecular weight excluding hydrogens is 232 g/mol. The highest BCUT2D eigenvalue weighted by Gasteiger charge is 2.07. The highest BCUT2D eigenvalue weighted by molar-refractivity contribution is 5.67. The summed E-state index contributed by atoms with van der Waals surface area (Å²) in [4.78, 5) is 0. The fourth-order valence-electron chi connectivity index (χ4n) is 2.00. The van der Waals surface area contributed by atoms with Gasteiger partial charge in [-0.2, -0.15) is 0 Å². The second kappa shape index (κ2) is 5.27. The van der Waals surface area contributed by atoms with Crippen LogP contribution < -0.4 is 5.32 Å². The van der Waals surface area contributed by atoms with Crippen LogP contribution in [0.4, 0.5) is 8.78 Å². The maximum absolute atomic E-state index is 13.8. The van der Waals surface area contributed by atoms with Crippen LogP contribution >= 0.6 is 0 Å². The Bertz CT molecular complexity index is 564. The van der Waals surface area contributed by atoms with Gasteiger partial charge in [0.15, 0.2) is 0 Å². The molecule has 2 aromatic rings. The third-order valence-corrected chi connectivity index (χ3v) is 2.92. The molecule has 0 aliphatic heterocycles. The van der Waals surface area contributed by atoms with Crippen molar-refractivity contribution in [3.63, 3.8) is 0 Å². The van der Waals surface area contributed by atoms with Crippen LogP contribution in [0.3, 0.4) is 0 Å². The number of benzene rings is 2. The van der Waals surface area contributed by atoms with Gasteiger partial charge >= 0.3 is 0 Å². The van der Waals surface area contributed by atoms with Crippen LogP contribution in [-0.2, 0) is 6.54 Å². The van der Waals surface area contributed by atoms with Gasteiger partial charge < -0.3 is 5.32 Å². The number of nitrogens with one attached hydrogen (secondary N) is 1. The molecule has 3 heteroatoms. The molecule has 94 valence electrons. The Labute approximate surface area is 105 Å². The van der Waals surface area contributed by atoms with Gasteiger partial charge in [0.25, 0.3) is 0 Å². The summed E-state index contributed by atoms with van der Waals surface area (Å²) in [6.07, 6.45) is 0. The highest BCUT2D eigenvalue weighted by Crippen LogP contribution is 2.25. The van der Waals surface area contributed by atoms with Crippen molar-refractivity contribution in [2.75, 3.05) is 7.05 Å². The summed E-state index contributed by atoms with van der Waals surface area (Å²) in [6.45, 7) is 2.31. The molecule has 0 heterocycles. The Hall–Kier alpha value is -1.74. The van der Waals surface area contributed by atoms with Crippen LogP contribution in [0.1, 0.15) is 11.1 Å². The fraction of sp³-hybridized carbons (Fsp3) is 0.200. The first-order valence-corrected chi connectivity index (χ1v) is 5.81. The zero-order chi connectivity index (χ0) is 13.1. The van der Waals surface area contributed by atoms with E-state index >= 15 is 0 Å². The van der Waals surface area contributed by atoms with E-state index in [9.17, 15) is 8.78 Å². The Morgan fingerprint density at radius 2 is 1.83 bits per heavy atom. The Balaban J connectivity index is 2.42. The first-order valence-electron chi connectivity index (χ1n) is 5.81. The van der Waals surface area contributed by atoms with E-state index in [1.807, 2.05) is 13.0 Å². The number of aryl methyl sites for hydroxylation is 1. The molecule has 0 bridgehead atoms. The third-order valence-electron chi connectivity index (χ3n) is 2.92. The molecule has 0 aromatic heterocycles. The van der Waals surface area contributed by atoms with Gasteiger partial charge in [0.05, 0.1) is 0 Å². The number of halogens is 2. The molecule has 0 unspecified atom stereocenters. The Morgan fingerprint density at radius 1 is 1.06 bits per heavy atom. The van der Waals surface area contributed by atoms with Gasteiger partial charge in [0.2, 0.25) is 0 Å². The second-order valence-corrected chi connectivity index (χ2v) is 4.30. The molecule has 2 rings (SSSR count). The number of rotatable bonds is 3. The van der Waals surface area contributed by atoms with E-state index in [1.165, 1.54) is 18.2 Å². The molecule has 0 spiro atoms. The van der Waals surface area contributed by atoms with Gasteiger partial charge in [-0.25, -0.2) is 8.78 Å². The van der Waals surface area contributed by atoms with E-state index in [1.54, 1.807) is 19.2 Å². The van der Waals surface area contributed by atoms with Crippen LogP contribution in [0.5, 0.6) is 0 Å². The average molecular weight is 247 g/mol. The van der Waals surface area contributed by atoms with E-state index in [2.05, 4.69) is 5.32 Å². The topological polar surface area (TPSA) is 12.0 Å². The molecule has 0 amide bonds. The quantitative estimate of drug-likeness (QED) is 0.872. The first-order chi connectivity index (χ1) is 8.61. The average Bonchev–Trinajstić information content (AvgIpc) is 2.32. The largest absolute Gasteiger partial charge is 0.316 e. The van der Waals surface area contributed by atoms with Gasteiger partial charge in [-0.05, 0) is 48.9 Å². The van der Waals surface area contributed by atoms with E-state index in [4.69, 9.17) is 0 Å². The van der Waals surface area contributed by atoms with E-state index in [-0.39, 0.29) is 11.6 Å². The van der Waals surface area contributed by atoms with E-state index in [0.717, 1.165) is 16.7 Å². The number of hydrogen-bond donors (Lipinski definition) is 1. The van der Waals surface area contributed by atoms with Gasteiger partial charge in [0.1, 0.15) is 11.6 Å². The molecule has 0 aliphatic carbocycles. The standard InChI is InChI=1S/C15H15F2N/c1-10-7-13(16)5-6-14(10)11-3-4-12(9-18-2)15(17)8-11/h3-8,18H,9H2,1-2H3. The summed E-state index contributed by atoms with van der Waals surface area (Å²) >= 11 is 0. The molecule has 0 saturated carbocycles. The summed E-state index contributed by atoms with van der Waals surface area (Å²) in [5.74, 6) is -0.519. The summed E-state index contributed by atoms with van der Waals surface area (Å²) < 4.78 is 26.8. The minimum atomic E-state index is -0.275. The smallest absolute Gasteiger partial charge is 0.128 e. The van der Waals surface area contributed by atoms with Crippen molar-refractivity contribution in [2.24, 2.45) is 0 Å². The molecule has 2 aromatic carbocycles. The predicted octanol–water partition coefficient (Wildman–Crippen LogP) is 3.66. The van der Waals surface area contributed by atoms with Crippen molar-refractivity contribution >= 4 is 0 Å². The van der Waals surface area contributed by atoms with Crippen molar-refractivity contribution in [3.8, 4) is 11.1 Å². The summed E-state index contributed by atoms with van der Waals surface area (Å²) in [5, 5.41) is 2.91. The molecule has 0 saturated heterocycles. The SMILES string of the molecule is CNCc1ccc(-c2ccc(F)cc2C)cc1F. The van der Waals surface area contributed by atoms with E-state index in [0.29, 0.717) is 12.1 Å². The van der Waals surface area contributed by atoms with Gasteiger partial charge in [-0.3, -0.25) is 0 Å². The summed E-state index contributed by atoms with van der Waals surface area (Å²) in [7, 11) is 1.78. The maximum Gasteiger partial charge on any atom is 0.128 e. The molecule has 0 fully saturated rings. The number of hydrogen-bond acceptors (Lipinski definition) is 1. The third kappa shape index (κ3) is 2.57. The lowest BCUT2D eigenvalue weighted by Gasteiger charge is -2.08. The maximum atomic E-state index is 13.8. The van der Waals surface area contributed by atoms with Crippen LogP contribution in [-0.4, -0.2) is 7.05 Å². The van der Waals surface area contributed by atoms with Crippen LogP contribution in [0.25, 0.3) is 11.1 Å². The van der Waals surface area contributed by atoms with Crippen molar-refractivity contribution in [3.05, 3.63) is 59.2 Å². The van der Waals surface area contributed by atoms with Crippen molar-refractivity contribution in [1.82, 2.24) is 5.32 Å². The highest BCUT2D eigenvalue weighted by atomic mass is 19.1. The van der Waals surface area contributed by atoms with Gasteiger partial charge in [-0.15, -0.1) is 0 Å². The molecular formula is C15H15F2N. The second-order valence-electron chi connectivity index (χ2n) is 4.30. The van der Waals surface area contributed by atoms with Crippen molar-refractivity contribution in [2.45, 2.75) is 13.5 Å². The minimum Gasteiger partial charge on any atom is -0.316 e. The van der Waals surface area contributed by atoms with Crippen LogP contribution in [0.15, 0.2) is 36.4 Å². The molecule has 0 aliphatic rings. The van der Waals surface area contributed by atoms with Crippen LogP contribution in [0.2, 0.25) is 0 Å². The molecule has 1 N–H and O–H groups in total. The molecule has 0 radical (unpaired) electrons. The summed E-state index contributed by atoms with van der Waals surface area (Å²) in [6, 6.07) is 9.63. The Morgan fingerprint density at radius 3 is 2.44 bits per heavy atom. The zero-order valence-corrected chi connectivity index (χ0v) is 10.4. The van der Waals surface area contributed by atoms with Gasteiger partial charge in [0, 0.05) is 12.1 Å². The van der Waals surface area contributed by atoms with Crippen molar-refractivity contribution < 1.29 is 8.78 Å². The normalized spacial score (nSPS) is 10.7. The lowest BCUT2D eigenvalue weighted by atomic mass is 9.99. The summed E-state index contributed by atoms with van der Waals surface area (Å²) in [5.41, 5.74) is 3.05. The lowest BCUT2D eigenvalue weighted by molar-refractivity contribution is 0.601. The lowest BCUT2D eigenvalue weighted by Crippen LogP contribution is -2.06. The van der Waals surface area contributed by atoms with Crippen molar-refractivity contribution in [1.29, 1.82) is 0 Å². The molecule has 0 atom stereocenters. The molecule has 18 heavy (non-hydrogen) atoms. The Kier molecular flexibility index (Phi) is 3.72. The van der Waals surface area contributed by atoms with Crippen LogP contribution in [0, 0.1) is 18.6 Å². The first kappa shape index (κ1) is 12.7. The monoisotopic (exact) mass is 247 g/mol. The fourth-order valence-corrected chi connectivity index (χ4v) is 2.00. The van der Waals surface area contributed by atoms with E-state index < -0.39 is 0 Å². The van der Waals surface area contributed by atoms with Gasteiger partial charge in [-0.1, -0.05) is 18.2 Å². The zero-order valence-electron chi connectivity index (χ0n) is 10.4. The minimum absolute atomic E-state index is 0.245. The molecule has 1 nitrogen and oxygen atoms in total. The predicted molar refractivity (Wildman–Crippen MR) is 69.3 cm³/mol.